The predicted octanol–water partition coefficient (Wildman–Crippen LogP) is 0.450. The number of ether oxygens (including phenoxy) is 1. The van der Waals surface area contributed by atoms with E-state index in [0.717, 1.165) is 38.9 Å². The van der Waals surface area contributed by atoms with Gasteiger partial charge in [0.2, 0.25) is 5.91 Å². The van der Waals surface area contributed by atoms with Crippen LogP contribution in [0.1, 0.15) is 32.1 Å². The first-order chi connectivity index (χ1) is 9.78. The van der Waals surface area contributed by atoms with E-state index in [4.69, 9.17) is 4.74 Å². The van der Waals surface area contributed by atoms with Crippen molar-refractivity contribution < 1.29 is 9.53 Å². The summed E-state index contributed by atoms with van der Waals surface area (Å²) in [7, 11) is 1.72. The van der Waals surface area contributed by atoms with Gasteiger partial charge < -0.3 is 19.9 Å². The van der Waals surface area contributed by atoms with Crippen molar-refractivity contribution in [1.82, 2.24) is 15.1 Å². The van der Waals surface area contributed by atoms with Crippen LogP contribution in [0, 0.1) is 0 Å². The molecule has 0 radical (unpaired) electrons. The highest BCUT2D eigenvalue weighted by molar-refractivity contribution is 5.82. The smallest absolute Gasteiger partial charge is 0.239 e. The van der Waals surface area contributed by atoms with Crippen molar-refractivity contribution in [3.63, 3.8) is 0 Å². The molecule has 2 atom stereocenters. The van der Waals surface area contributed by atoms with Crippen molar-refractivity contribution in [2.45, 2.75) is 50.3 Å². The highest BCUT2D eigenvalue weighted by Crippen LogP contribution is 2.22. The van der Waals surface area contributed by atoms with E-state index in [1.807, 2.05) is 0 Å². The van der Waals surface area contributed by atoms with Crippen molar-refractivity contribution in [2.24, 2.45) is 0 Å². The number of hydrogen-bond donors (Lipinski definition) is 1. The molecule has 3 saturated heterocycles. The Bertz CT molecular complexity index is 336. The number of hydrogen-bond acceptors (Lipinski definition) is 4. The van der Waals surface area contributed by atoms with E-state index in [2.05, 4.69) is 15.1 Å². The van der Waals surface area contributed by atoms with Gasteiger partial charge in [0.05, 0.1) is 12.1 Å². The van der Waals surface area contributed by atoms with Crippen LogP contribution < -0.4 is 5.32 Å². The number of amides is 1. The van der Waals surface area contributed by atoms with Gasteiger partial charge in [0, 0.05) is 32.8 Å². The van der Waals surface area contributed by atoms with Crippen LogP contribution in [0.4, 0.5) is 0 Å². The van der Waals surface area contributed by atoms with Crippen LogP contribution >= 0.6 is 0 Å². The molecular formula is C15H27N3O2. The normalized spacial score (nSPS) is 33.0. The van der Waals surface area contributed by atoms with E-state index < -0.39 is 0 Å². The van der Waals surface area contributed by atoms with Crippen LogP contribution in [0.15, 0.2) is 0 Å². The van der Waals surface area contributed by atoms with Gasteiger partial charge in [-0.15, -0.1) is 0 Å². The number of nitrogens with one attached hydrogen (secondary N) is 1. The van der Waals surface area contributed by atoms with Gasteiger partial charge in [-0.3, -0.25) is 4.79 Å². The van der Waals surface area contributed by atoms with Crippen LogP contribution in [-0.4, -0.2) is 73.7 Å². The molecule has 0 aromatic rings. The zero-order chi connectivity index (χ0) is 13.9. The number of piperidine rings is 1. The summed E-state index contributed by atoms with van der Waals surface area (Å²) in [5, 5.41) is 3.29. The Kier molecular flexibility index (Phi) is 4.58. The molecule has 3 heterocycles. The minimum Gasteiger partial charge on any atom is -0.380 e. The molecule has 1 amide bonds. The topological polar surface area (TPSA) is 44.8 Å². The number of likely N-dealkylation sites (tertiary alicyclic amines) is 2. The Labute approximate surface area is 121 Å². The number of carbonyl (C=O) groups excluding carboxylic acids is 1. The molecule has 0 aromatic carbocycles. The molecule has 3 aliphatic rings. The standard InChI is InChI=1S/C15H27N3O2/c1-20-13-10-14(16-11-13)15(19)18-8-4-12(5-9-18)17-6-2-3-7-17/h12-14,16H,2-11H2,1H3. The summed E-state index contributed by atoms with van der Waals surface area (Å²) in [5.41, 5.74) is 0. The third kappa shape index (κ3) is 3.00. The van der Waals surface area contributed by atoms with Crippen LogP contribution in [0.5, 0.6) is 0 Å². The van der Waals surface area contributed by atoms with Gasteiger partial charge in [-0.25, -0.2) is 0 Å². The van der Waals surface area contributed by atoms with Crippen molar-refractivity contribution in [2.75, 3.05) is 39.8 Å². The predicted molar refractivity (Wildman–Crippen MR) is 77.6 cm³/mol. The zero-order valence-corrected chi connectivity index (χ0v) is 12.5. The first-order valence-corrected chi connectivity index (χ1v) is 8.07. The summed E-state index contributed by atoms with van der Waals surface area (Å²) in [6.07, 6.45) is 6.01. The lowest BCUT2D eigenvalue weighted by molar-refractivity contribution is -0.134. The average molecular weight is 281 g/mol. The van der Waals surface area contributed by atoms with E-state index in [-0.39, 0.29) is 18.1 Å². The van der Waals surface area contributed by atoms with Gasteiger partial charge in [-0.05, 0) is 45.2 Å². The first-order valence-electron chi connectivity index (χ1n) is 8.07. The molecule has 0 spiro atoms. The number of nitrogens with zero attached hydrogens (tertiary/aromatic N) is 2. The molecule has 0 aliphatic carbocycles. The quantitative estimate of drug-likeness (QED) is 0.816. The van der Waals surface area contributed by atoms with Gasteiger partial charge in [-0.1, -0.05) is 0 Å². The highest BCUT2D eigenvalue weighted by Gasteiger charge is 2.34. The molecule has 0 aromatic heterocycles. The fourth-order valence-corrected chi connectivity index (χ4v) is 3.85. The largest absolute Gasteiger partial charge is 0.380 e. The Morgan fingerprint density at radius 3 is 2.45 bits per heavy atom. The molecule has 0 saturated carbocycles. The lowest BCUT2D eigenvalue weighted by atomic mass is 10.0. The Balaban J connectivity index is 1.46. The van der Waals surface area contributed by atoms with Crippen LogP contribution in [0.3, 0.4) is 0 Å². The molecule has 20 heavy (non-hydrogen) atoms. The molecule has 3 rings (SSSR count). The van der Waals surface area contributed by atoms with E-state index in [9.17, 15) is 4.79 Å². The van der Waals surface area contributed by atoms with Crippen molar-refractivity contribution in [1.29, 1.82) is 0 Å². The Hall–Kier alpha value is -0.650. The Morgan fingerprint density at radius 2 is 1.85 bits per heavy atom. The minimum absolute atomic E-state index is 0.0247. The maximum atomic E-state index is 12.5. The lowest BCUT2D eigenvalue weighted by Crippen LogP contribution is -2.50. The fraction of sp³-hybridized carbons (Fsp3) is 0.933. The highest BCUT2D eigenvalue weighted by atomic mass is 16.5. The van der Waals surface area contributed by atoms with Gasteiger partial charge in [0.1, 0.15) is 0 Å². The van der Waals surface area contributed by atoms with Crippen LogP contribution in [-0.2, 0) is 9.53 Å². The molecule has 5 heteroatoms. The minimum atomic E-state index is -0.0247. The summed E-state index contributed by atoms with van der Waals surface area (Å²) in [5.74, 6) is 0.282. The number of rotatable bonds is 3. The van der Waals surface area contributed by atoms with Gasteiger partial charge >= 0.3 is 0 Å². The second kappa shape index (κ2) is 6.41. The fourth-order valence-electron chi connectivity index (χ4n) is 3.85. The van der Waals surface area contributed by atoms with E-state index in [0.29, 0.717) is 6.04 Å². The summed E-state index contributed by atoms with van der Waals surface area (Å²) >= 11 is 0. The van der Waals surface area contributed by atoms with Gasteiger partial charge in [-0.2, -0.15) is 0 Å². The summed E-state index contributed by atoms with van der Waals surface area (Å²) < 4.78 is 5.32. The lowest BCUT2D eigenvalue weighted by Gasteiger charge is -2.37. The van der Waals surface area contributed by atoms with Crippen LogP contribution in [0.2, 0.25) is 0 Å². The molecular weight excluding hydrogens is 254 g/mol. The second-order valence-corrected chi connectivity index (χ2v) is 6.35. The van der Waals surface area contributed by atoms with E-state index in [1.54, 1.807) is 7.11 Å². The zero-order valence-electron chi connectivity index (χ0n) is 12.5. The molecule has 114 valence electrons. The summed E-state index contributed by atoms with van der Waals surface area (Å²) in [6, 6.07) is 0.688. The molecule has 1 N–H and O–H groups in total. The molecule has 3 fully saturated rings. The monoisotopic (exact) mass is 281 g/mol. The second-order valence-electron chi connectivity index (χ2n) is 6.35. The van der Waals surface area contributed by atoms with Gasteiger partial charge in [0.15, 0.2) is 0 Å². The Morgan fingerprint density at radius 1 is 1.15 bits per heavy atom. The van der Waals surface area contributed by atoms with Crippen molar-refractivity contribution >= 4 is 5.91 Å². The summed E-state index contributed by atoms with van der Waals surface area (Å²) in [4.78, 5) is 17.2. The maximum absolute atomic E-state index is 12.5. The van der Waals surface area contributed by atoms with Crippen molar-refractivity contribution in [3.05, 3.63) is 0 Å². The van der Waals surface area contributed by atoms with Gasteiger partial charge in [0.25, 0.3) is 0 Å². The SMILES string of the molecule is COC1CNC(C(=O)N2CCC(N3CCCC3)CC2)C1. The molecule has 5 nitrogen and oxygen atoms in total. The average Bonchev–Trinajstić information content (AvgIpc) is 3.18. The third-order valence-electron chi connectivity index (χ3n) is 5.16. The van der Waals surface area contributed by atoms with Crippen molar-refractivity contribution in [3.8, 4) is 0 Å². The molecule has 3 aliphatic heterocycles. The van der Waals surface area contributed by atoms with E-state index >= 15 is 0 Å². The first kappa shape index (κ1) is 14.3. The number of methoxy groups -OCH3 is 1. The molecule has 2 unspecified atom stereocenters. The molecule has 0 bridgehead atoms. The number of carbonyl (C=O) groups is 1. The van der Waals surface area contributed by atoms with E-state index in [1.165, 1.54) is 25.9 Å². The van der Waals surface area contributed by atoms with Crippen LogP contribution in [0.25, 0.3) is 0 Å². The third-order valence-corrected chi connectivity index (χ3v) is 5.16. The summed E-state index contributed by atoms with van der Waals surface area (Å²) in [6.45, 7) is 5.18. The maximum Gasteiger partial charge on any atom is 0.239 e.